The summed E-state index contributed by atoms with van der Waals surface area (Å²) in [6, 6.07) is 6.89. The first-order chi connectivity index (χ1) is 9.11. The minimum absolute atomic E-state index is 0.103. The molecule has 0 unspecified atom stereocenters. The van der Waals surface area contributed by atoms with Gasteiger partial charge in [-0.2, -0.15) is 0 Å². The van der Waals surface area contributed by atoms with Crippen molar-refractivity contribution in [3.63, 3.8) is 0 Å². The van der Waals surface area contributed by atoms with Crippen LogP contribution in [0.15, 0.2) is 24.3 Å². The number of carboxylic acids is 1. The van der Waals surface area contributed by atoms with E-state index in [1.165, 1.54) is 4.80 Å². The van der Waals surface area contributed by atoms with Gasteiger partial charge in [-0.25, -0.2) is 4.79 Å². The first-order valence-corrected chi connectivity index (χ1v) is 6.20. The number of rotatable bonds is 5. The maximum absolute atomic E-state index is 11.1. The quantitative estimate of drug-likeness (QED) is 0.879. The van der Waals surface area contributed by atoms with Crippen LogP contribution in [0, 0.1) is 0 Å². The summed E-state index contributed by atoms with van der Waals surface area (Å²) in [5.74, 6) is -0.860. The molecule has 1 aromatic carbocycles. The lowest BCUT2D eigenvalue weighted by molar-refractivity contribution is 0.0691. The molecule has 2 aromatic rings. The van der Waals surface area contributed by atoms with Gasteiger partial charge in [-0.1, -0.05) is 24.6 Å². The molecule has 0 bridgehead atoms. The van der Waals surface area contributed by atoms with E-state index >= 15 is 0 Å². The van der Waals surface area contributed by atoms with Gasteiger partial charge in [0.2, 0.25) is 5.69 Å². The molecule has 1 aromatic heterocycles. The summed E-state index contributed by atoms with van der Waals surface area (Å²) in [6.45, 7) is 2.61. The van der Waals surface area contributed by atoms with Crippen LogP contribution in [-0.4, -0.2) is 32.6 Å². The highest BCUT2D eigenvalue weighted by atomic mass is 35.5. The van der Waals surface area contributed by atoms with Crippen LogP contribution in [0.2, 0.25) is 5.02 Å². The zero-order valence-electron chi connectivity index (χ0n) is 10.3. The Morgan fingerprint density at radius 2 is 2.26 bits per heavy atom. The Morgan fingerprint density at radius 1 is 1.47 bits per heavy atom. The smallest absolute Gasteiger partial charge is 0.360 e. The minimum atomic E-state index is -1.12. The first-order valence-electron chi connectivity index (χ1n) is 5.82. The van der Waals surface area contributed by atoms with Crippen LogP contribution in [-0.2, 0) is 0 Å². The number of carbonyl (C=O) groups is 1. The van der Waals surface area contributed by atoms with Crippen molar-refractivity contribution in [2.24, 2.45) is 0 Å². The highest BCUT2D eigenvalue weighted by Crippen LogP contribution is 2.16. The van der Waals surface area contributed by atoms with E-state index in [1.54, 1.807) is 24.3 Å². The van der Waals surface area contributed by atoms with Gasteiger partial charge in [0.1, 0.15) is 0 Å². The molecule has 19 heavy (non-hydrogen) atoms. The van der Waals surface area contributed by atoms with Gasteiger partial charge in [-0.15, -0.1) is 15.0 Å². The summed E-state index contributed by atoms with van der Waals surface area (Å²) in [6.07, 6.45) is 0.864. The van der Waals surface area contributed by atoms with E-state index in [2.05, 4.69) is 15.5 Å². The lowest BCUT2D eigenvalue weighted by atomic mass is 10.3. The van der Waals surface area contributed by atoms with Crippen molar-refractivity contribution in [2.75, 3.05) is 11.9 Å². The number of nitrogens with one attached hydrogen (secondary N) is 1. The summed E-state index contributed by atoms with van der Waals surface area (Å²) in [5, 5.41) is 20.7. The second-order valence-corrected chi connectivity index (χ2v) is 4.33. The molecule has 0 radical (unpaired) electrons. The Labute approximate surface area is 115 Å². The zero-order valence-corrected chi connectivity index (χ0v) is 11.1. The summed E-state index contributed by atoms with van der Waals surface area (Å²) in [4.78, 5) is 12.4. The van der Waals surface area contributed by atoms with E-state index in [1.807, 2.05) is 6.92 Å². The Balaban J connectivity index is 2.39. The van der Waals surface area contributed by atoms with Gasteiger partial charge in [0.15, 0.2) is 5.82 Å². The minimum Gasteiger partial charge on any atom is -0.476 e. The third-order valence-corrected chi connectivity index (χ3v) is 2.63. The molecule has 0 amide bonds. The van der Waals surface area contributed by atoms with Gasteiger partial charge in [0.25, 0.3) is 0 Å². The molecule has 0 saturated heterocycles. The molecule has 7 heteroatoms. The van der Waals surface area contributed by atoms with Crippen LogP contribution in [0.25, 0.3) is 5.69 Å². The van der Waals surface area contributed by atoms with Gasteiger partial charge < -0.3 is 10.4 Å². The van der Waals surface area contributed by atoms with Crippen LogP contribution in [0.5, 0.6) is 0 Å². The Morgan fingerprint density at radius 3 is 2.89 bits per heavy atom. The van der Waals surface area contributed by atoms with E-state index < -0.39 is 5.97 Å². The predicted molar refractivity (Wildman–Crippen MR) is 72.1 cm³/mol. The molecule has 2 rings (SSSR count). The topological polar surface area (TPSA) is 80.0 Å². The summed E-state index contributed by atoms with van der Waals surface area (Å²) in [5.41, 5.74) is 0.507. The molecule has 1 heterocycles. The summed E-state index contributed by atoms with van der Waals surface area (Å²) >= 11 is 5.89. The van der Waals surface area contributed by atoms with E-state index in [4.69, 9.17) is 16.7 Å². The lowest BCUT2D eigenvalue weighted by Gasteiger charge is -2.00. The van der Waals surface area contributed by atoms with E-state index in [9.17, 15) is 4.79 Å². The van der Waals surface area contributed by atoms with Crippen LogP contribution in [0.4, 0.5) is 5.82 Å². The third-order valence-electron chi connectivity index (χ3n) is 2.40. The number of aromatic carboxylic acids is 1. The highest BCUT2D eigenvalue weighted by Gasteiger charge is 2.18. The molecule has 6 nitrogen and oxygen atoms in total. The van der Waals surface area contributed by atoms with Crippen molar-refractivity contribution in [3.05, 3.63) is 35.0 Å². The normalized spacial score (nSPS) is 10.4. The maximum Gasteiger partial charge on any atom is 0.360 e. The predicted octanol–water partition coefficient (Wildman–Crippen LogP) is 2.44. The second kappa shape index (κ2) is 5.71. The molecule has 100 valence electrons. The zero-order chi connectivity index (χ0) is 13.8. The van der Waals surface area contributed by atoms with Crippen LogP contribution < -0.4 is 5.32 Å². The molecule has 2 N–H and O–H groups in total. The molecule has 0 aliphatic carbocycles. The van der Waals surface area contributed by atoms with Crippen molar-refractivity contribution >= 4 is 23.4 Å². The van der Waals surface area contributed by atoms with Crippen LogP contribution in [0.3, 0.4) is 0 Å². The number of anilines is 1. The fourth-order valence-corrected chi connectivity index (χ4v) is 1.71. The van der Waals surface area contributed by atoms with Crippen molar-refractivity contribution in [1.82, 2.24) is 15.0 Å². The Kier molecular flexibility index (Phi) is 4.01. The molecule has 0 atom stereocenters. The number of halogens is 1. The third kappa shape index (κ3) is 3.03. The SMILES string of the molecule is CCCNc1nn(-c2cccc(Cl)c2)nc1C(=O)O. The van der Waals surface area contributed by atoms with Crippen molar-refractivity contribution < 1.29 is 9.90 Å². The number of nitrogens with zero attached hydrogens (tertiary/aromatic N) is 3. The van der Waals surface area contributed by atoms with Crippen molar-refractivity contribution in [3.8, 4) is 5.69 Å². The molecular weight excluding hydrogens is 268 g/mol. The standard InChI is InChI=1S/C12H13ClN4O2/c1-2-6-14-11-10(12(18)19)15-17(16-11)9-5-3-4-8(13)7-9/h3-5,7H,2,6H2,1H3,(H,14,16)(H,18,19). The average molecular weight is 281 g/mol. The number of hydrogen-bond acceptors (Lipinski definition) is 4. The average Bonchev–Trinajstić information content (AvgIpc) is 2.80. The van der Waals surface area contributed by atoms with Gasteiger partial charge in [-0.3, -0.25) is 0 Å². The molecular formula is C12H13ClN4O2. The molecule has 0 aliphatic rings. The molecule has 0 fully saturated rings. The van der Waals surface area contributed by atoms with Crippen molar-refractivity contribution in [2.45, 2.75) is 13.3 Å². The van der Waals surface area contributed by atoms with E-state index in [0.717, 1.165) is 6.42 Å². The van der Waals surface area contributed by atoms with Crippen LogP contribution >= 0.6 is 11.6 Å². The highest BCUT2D eigenvalue weighted by molar-refractivity contribution is 6.30. The maximum atomic E-state index is 11.1. The molecule has 0 spiro atoms. The fourth-order valence-electron chi connectivity index (χ4n) is 1.53. The largest absolute Gasteiger partial charge is 0.476 e. The second-order valence-electron chi connectivity index (χ2n) is 3.90. The van der Waals surface area contributed by atoms with Gasteiger partial charge in [0.05, 0.1) is 5.69 Å². The number of aromatic nitrogens is 3. The Bertz CT molecular complexity index is 597. The first kappa shape index (κ1) is 13.4. The van der Waals surface area contributed by atoms with Gasteiger partial charge >= 0.3 is 5.97 Å². The number of benzene rings is 1. The lowest BCUT2D eigenvalue weighted by Crippen LogP contribution is -2.06. The Hall–Kier alpha value is -2.08. The van der Waals surface area contributed by atoms with Crippen LogP contribution in [0.1, 0.15) is 23.8 Å². The van der Waals surface area contributed by atoms with E-state index in [-0.39, 0.29) is 11.5 Å². The molecule has 0 saturated carbocycles. The van der Waals surface area contributed by atoms with Crippen molar-refractivity contribution in [1.29, 1.82) is 0 Å². The summed E-state index contributed by atoms with van der Waals surface area (Å²) < 4.78 is 0. The monoisotopic (exact) mass is 280 g/mol. The molecule has 0 aliphatic heterocycles. The van der Waals surface area contributed by atoms with Gasteiger partial charge in [-0.05, 0) is 24.6 Å². The fraction of sp³-hybridized carbons (Fsp3) is 0.250. The van der Waals surface area contributed by atoms with Gasteiger partial charge in [0, 0.05) is 11.6 Å². The number of hydrogen-bond donors (Lipinski definition) is 2. The van der Waals surface area contributed by atoms with E-state index in [0.29, 0.717) is 17.3 Å². The summed E-state index contributed by atoms with van der Waals surface area (Å²) in [7, 11) is 0. The number of carboxylic acid groups (broad SMARTS) is 1.